The monoisotopic (exact) mass is 474 g/mol. The van der Waals surface area contributed by atoms with Crippen LogP contribution in [0.15, 0.2) is 12.2 Å². The number of esters is 4. The van der Waals surface area contributed by atoms with Gasteiger partial charge in [0.1, 0.15) is 0 Å². The number of ether oxygens (including phenoxy) is 4. The second-order valence-corrected chi connectivity index (χ2v) is 7.63. The summed E-state index contributed by atoms with van der Waals surface area (Å²) in [5, 5.41) is 0. The van der Waals surface area contributed by atoms with Crippen molar-refractivity contribution in [1.29, 1.82) is 0 Å². The lowest BCUT2D eigenvalue weighted by Crippen LogP contribution is -2.29. The van der Waals surface area contributed by atoms with E-state index in [1.54, 1.807) is 20.8 Å². The van der Waals surface area contributed by atoms with Gasteiger partial charge in [0.25, 0.3) is 11.8 Å². The molecule has 0 saturated carbocycles. The minimum Gasteiger partial charge on any atom is -0.457 e. The molecule has 0 radical (unpaired) electrons. The average Bonchev–Trinajstić information content (AvgIpc) is 2.66. The van der Waals surface area contributed by atoms with Crippen molar-refractivity contribution in [3.05, 3.63) is 12.2 Å². The summed E-state index contributed by atoms with van der Waals surface area (Å²) in [5.41, 5.74) is -0.585. The van der Waals surface area contributed by atoms with Crippen molar-refractivity contribution in [2.75, 3.05) is 26.4 Å². The van der Waals surface area contributed by atoms with Gasteiger partial charge in [0.15, 0.2) is 26.4 Å². The molecule has 0 aromatic carbocycles. The fourth-order valence-electron chi connectivity index (χ4n) is 1.21. The van der Waals surface area contributed by atoms with Gasteiger partial charge in [0.2, 0.25) is 0 Å². The first-order chi connectivity index (χ1) is 14.3. The van der Waals surface area contributed by atoms with Crippen LogP contribution in [0.5, 0.6) is 0 Å². The largest absolute Gasteiger partial charge is 0.457 e. The molecular formula is C20H30F4O8. The Morgan fingerprint density at radius 2 is 1.12 bits per heavy atom. The molecule has 0 N–H and O–H groups in total. The summed E-state index contributed by atoms with van der Waals surface area (Å²) in [7, 11) is 0. The third-order valence-electron chi connectivity index (χ3n) is 3.40. The molecule has 0 rings (SSSR count). The van der Waals surface area contributed by atoms with E-state index in [2.05, 4.69) is 25.5 Å². The zero-order valence-corrected chi connectivity index (χ0v) is 19.0. The van der Waals surface area contributed by atoms with Gasteiger partial charge in [-0.3, -0.25) is 4.79 Å². The van der Waals surface area contributed by atoms with Crippen LogP contribution in [0.1, 0.15) is 48.0 Å². The highest BCUT2D eigenvalue weighted by atomic mass is 19.3. The number of alkyl halides is 4. The van der Waals surface area contributed by atoms with E-state index in [-0.39, 0.29) is 5.57 Å². The summed E-state index contributed by atoms with van der Waals surface area (Å²) in [6, 6.07) is 0. The molecule has 0 fully saturated rings. The first-order valence-corrected chi connectivity index (χ1v) is 9.37. The van der Waals surface area contributed by atoms with Gasteiger partial charge in [-0.25, -0.2) is 31.9 Å². The highest BCUT2D eigenvalue weighted by Gasteiger charge is 2.29. The Labute approximate surface area is 184 Å². The second-order valence-electron chi connectivity index (χ2n) is 7.63. The zero-order chi connectivity index (χ0) is 25.8. The molecule has 0 aromatic rings. The molecular weight excluding hydrogens is 444 g/mol. The third kappa shape index (κ3) is 18.1. The quantitative estimate of drug-likeness (QED) is 0.194. The summed E-state index contributed by atoms with van der Waals surface area (Å²) in [6.07, 6.45) is 0.550. The summed E-state index contributed by atoms with van der Waals surface area (Å²) < 4.78 is 66.5. The van der Waals surface area contributed by atoms with E-state index in [0.717, 1.165) is 0 Å². The molecule has 0 saturated heterocycles. The van der Waals surface area contributed by atoms with Crippen molar-refractivity contribution in [3.63, 3.8) is 0 Å². The van der Waals surface area contributed by atoms with Crippen molar-refractivity contribution in [2.45, 2.75) is 59.8 Å². The van der Waals surface area contributed by atoms with Crippen molar-refractivity contribution in [1.82, 2.24) is 0 Å². The van der Waals surface area contributed by atoms with Gasteiger partial charge in [-0.05, 0) is 27.2 Å². The summed E-state index contributed by atoms with van der Waals surface area (Å²) in [4.78, 5) is 43.9. The maximum absolute atomic E-state index is 12.3. The normalized spacial score (nSPS) is 11.4. The fraction of sp³-hybridized carbons (Fsp3) is 0.700. The number of rotatable bonds is 11. The smallest absolute Gasteiger partial charge is 0.344 e. The van der Waals surface area contributed by atoms with Crippen LogP contribution in [0, 0.1) is 5.41 Å². The standard InChI is InChI=1S/C11H18F2O4.C9H12F2O4/c1-5-10(2,3)9(15)16-6-8(14)17-7-11(4,12)13;1-6(2)8(13)14-4-7(12)15-5-9(3,10)11/h5-7H2,1-4H3;1,4-5H2,2-3H3. The highest BCUT2D eigenvalue weighted by molar-refractivity contribution is 5.88. The molecule has 0 aromatic heterocycles. The average molecular weight is 474 g/mol. The van der Waals surface area contributed by atoms with Gasteiger partial charge in [-0.2, -0.15) is 0 Å². The van der Waals surface area contributed by atoms with Crippen LogP contribution in [0.4, 0.5) is 17.6 Å². The van der Waals surface area contributed by atoms with E-state index >= 15 is 0 Å². The molecule has 0 spiro atoms. The van der Waals surface area contributed by atoms with Crippen molar-refractivity contribution < 1.29 is 55.7 Å². The molecule has 12 heteroatoms. The molecule has 0 aliphatic carbocycles. The lowest BCUT2D eigenvalue weighted by atomic mass is 9.91. The molecule has 0 aliphatic heterocycles. The van der Waals surface area contributed by atoms with Crippen LogP contribution >= 0.6 is 0 Å². The van der Waals surface area contributed by atoms with Gasteiger partial charge in [0.05, 0.1) is 5.41 Å². The maximum atomic E-state index is 12.3. The third-order valence-corrected chi connectivity index (χ3v) is 3.40. The molecule has 32 heavy (non-hydrogen) atoms. The lowest BCUT2D eigenvalue weighted by Gasteiger charge is -2.20. The van der Waals surface area contributed by atoms with Crippen LogP contribution in [-0.2, 0) is 38.1 Å². The first kappa shape index (κ1) is 31.5. The van der Waals surface area contributed by atoms with Crippen LogP contribution < -0.4 is 0 Å². The molecule has 0 bridgehead atoms. The summed E-state index contributed by atoms with van der Waals surface area (Å²) in [6.45, 7) is 7.67. The lowest BCUT2D eigenvalue weighted by molar-refractivity contribution is -0.169. The number of carbonyl (C=O) groups excluding carboxylic acids is 4. The Balaban J connectivity index is 0. The predicted molar refractivity (Wildman–Crippen MR) is 104 cm³/mol. The number of halogens is 4. The van der Waals surface area contributed by atoms with Crippen LogP contribution in [0.2, 0.25) is 0 Å². The van der Waals surface area contributed by atoms with Crippen LogP contribution in [0.25, 0.3) is 0 Å². The van der Waals surface area contributed by atoms with Crippen molar-refractivity contribution in [3.8, 4) is 0 Å². The van der Waals surface area contributed by atoms with Gasteiger partial charge in [0, 0.05) is 19.4 Å². The van der Waals surface area contributed by atoms with E-state index in [1.807, 2.05) is 0 Å². The Bertz CT molecular complexity index is 663. The summed E-state index contributed by atoms with van der Waals surface area (Å²) >= 11 is 0. The Morgan fingerprint density at radius 1 is 0.750 bits per heavy atom. The fourth-order valence-corrected chi connectivity index (χ4v) is 1.21. The van der Waals surface area contributed by atoms with Crippen LogP contribution in [-0.4, -0.2) is 62.1 Å². The number of carbonyl (C=O) groups is 4. The Morgan fingerprint density at radius 3 is 1.44 bits per heavy atom. The molecule has 186 valence electrons. The van der Waals surface area contributed by atoms with Crippen molar-refractivity contribution >= 4 is 23.9 Å². The number of hydrogen-bond acceptors (Lipinski definition) is 8. The molecule has 0 unspecified atom stereocenters. The van der Waals surface area contributed by atoms with Crippen molar-refractivity contribution in [2.24, 2.45) is 5.41 Å². The molecule has 0 atom stereocenters. The zero-order valence-electron chi connectivity index (χ0n) is 19.0. The minimum absolute atomic E-state index is 0.114. The van der Waals surface area contributed by atoms with E-state index in [1.165, 1.54) is 6.92 Å². The Hall–Kier alpha value is -2.66. The maximum Gasteiger partial charge on any atom is 0.344 e. The van der Waals surface area contributed by atoms with E-state index in [9.17, 15) is 36.7 Å². The molecule has 0 aliphatic rings. The topological polar surface area (TPSA) is 105 Å². The van der Waals surface area contributed by atoms with E-state index in [4.69, 9.17) is 0 Å². The second kappa shape index (κ2) is 13.7. The van der Waals surface area contributed by atoms with E-state index in [0.29, 0.717) is 20.3 Å². The van der Waals surface area contributed by atoms with Gasteiger partial charge in [-0.15, -0.1) is 0 Å². The molecule has 0 heterocycles. The highest BCUT2D eigenvalue weighted by Crippen LogP contribution is 2.21. The van der Waals surface area contributed by atoms with E-state index < -0.39 is 67.6 Å². The Kier molecular flexibility index (Phi) is 13.5. The van der Waals surface area contributed by atoms with Gasteiger partial charge < -0.3 is 18.9 Å². The predicted octanol–water partition coefficient (Wildman–Crippen LogP) is 3.47. The first-order valence-electron chi connectivity index (χ1n) is 9.37. The number of hydrogen-bond donors (Lipinski definition) is 0. The van der Waals surface area contributed by atoms with Gasteiger partial charge >= 0.3 is 23.9 Å². The minimum atomic E-state index is -3.09. The molecule has 8 nitrogen and oxygen atoms in total. The van der Waals surface area contributed by atoms with Crippen LogP contribution in [0.3, 0.4) is 0 Å². The SMILES string of the molecule is C=C(C)C(=O)OCC(=O)OCC(C)(F)F.CCC(C)(C)C(=O)OCC(=O)OCC(C)(F)F. The summed E-state index contributed by atoms with van der Waals surface area (Å²) in [5.74, 6) is -9.50. The molecule has 0 amide bonds. The van der Waals surface area contributed by atoms with Gasteiger partial charge in [-0.1, -0.05) is 13.5 Å².